The zero-order valence-electron chi connectivity index (χ0n) is 5.01. The Kier molecular flexibility index (Phi) is 2.11. The highest BCUT2D eigenvalue weighted by Gasteiger charge is 2.03. The Morgan fingerprint density at radius 2 is 1.86 bits per heavy atom. The molecule has 0 aromatic carbocycles. The van der Waals surface area contributed by atoms with Crippen LogP contribution < -0.4 is 0 Å². The summed E-state index contributed by atoms with van der Waals surface area (Å²) in [7, 11) is 7.14. The molecule has 0 spiro atoms. The monoisotopic (exact) mass is 119 g/mol. The molecule has 0 rings (SSSR count). The fraction of sp³-hybridized carbons (Fsp3) is 1.00. The topological polar surface area (TPSA) is 21.6 Å². The van der Waals surface area contributed by atoms with Gasteiger partial charge in [-0.05, 0) is 0 Å². The molecule has 3 nitrogen and oxygen atoms in total. The molecule has 0 N–H and O–H groups in total. The van der Waals surface area contributed by atoms with Crippen LogP contribution in [-0.2, 0) is 4.94 Å². The summed E-state index contributed by atoms with van der Waals surface area (Å²) in [5, 5.41) is 0. The Morgan fingerprint density at radius 1 is 1.43 bits per heavy atom. The van der Waals surface area contributed by atoms with E-state index in [1.54, 1.807) is 0 Å². The molecule has 0 amide bonds. The maximum absolute atomic E-state index is 4.80. The Hall–Kier alpha value is -0.223. The van der Waals surface area contributed by atoms with Crippen molar-refractivity contribution in [1.29, 1.82) is 0 Å². The van der Waals surface area contributed by atoms with Crippen LogP contribution in [0.4, 0.5) is 0 Å². The van der Waals surface area contributed by atoms with E-state index in [4.69, 9.17) is 4.94 Å². The number of hydrogen-bond acceptors (Lipinski definition) is 2. The molecule has 4 heteroatoms. The smallest absolute Gasteiger partial charge is 0.157 e. The maximum atomic E-state index is 4.80. The van der Waals surface area contributed by atoms with Crippen molar-refractivity contribution in [2.75, 3.05) is 21.1 Å². The molecule has 0 aromatic heterocycles. The van der Waals surface area contributed by atoms with Gasteiger partial charge in [0.05, 0.1) is 0 Å². The van der Waals surface area contributed by atoms with Gasteiger partial charge in [0.1, 0.15) is 21.1 Å². The average Bonchev–Trinajstić information content (AvgIpc) is 1.30. The van der Waals surface area contributed by atoms with Gasteiger partial charge in [0.2, 0.25) is 0 Å². The van der Waals surface area contributed by atoms with Crippen LogP contribution in [0.2, 0.25) is 0 Å². The normalized spacial score (nSPS) is 10.7. The second-order valence-corrected chi connectivity index (χ2v) is 2.36. The van der Waals surface area contributed by atoms with E-state index in [1.165, 1.54) is 10.0 Å². The second kappa shape index (κ2) is 2.18. The van der Waals surface area contributed by atoms with Crippen LogP contribution in [0.3, 0.4) is 0 Å². The standard InChI is InChI=1S/C3H11N2OSi/c1-5(2,3)6-4-7/h7H2,1-3H3/q+1. The van der Waals surface area contributed by atoms with Gasteiger partial charge in [-0.25, -0.2) is 4.94 Å². The predicted octanol–water partition coefficient (Wildman–Crippen LogP) is -0.644. The molecule has 0 saturated heterocycles. The average molecular weight is 119 g/mol. The second-order valence-electron chi connectivity index (χ2n) is 2.10. The maximum Gasteiger partial charge on any atom is 0.157 e. The Labute approximate surface area is 46.5 Å². The van der Waals surface area contributed by atoms with Crippen molar-refractivity contribution in [1.82, 2.24) is 0 Å². The zero-order chi connectivity index (χ0) is 5.91. The van der Waals surface area contributed by atoms with Crippen molar-refractivity contribution >= 4 is 10.0 Å². The van der Waals surface area contributed by atoms with E-state index in [1.807, 2.05) is 21.1 Å². The SMILES string of the molecule is C[N+](C)(C)ON=[SiH2]. The number of quaternary nitrogens is 1. The lowest BCUT2D eigenvalue weighted by atomic mass is 11.0. The molecule has 0 aliphatic heterocycles. The first-order chi connectivity index (χ1) is 3.06. The van der Waals surface area contributed by atoms with Gasteiger partial charge in [-0.1, -0.05) is 4.80 Å². The lowest BCUT2D eigenvalue weighted by Crippen LogP contribution is -2.31. The van der Waals surface area contributed by atoms with E-state index < -0.39 is 0 Å². The first-order valence-corrected chi connectivity index (χ1v) is 2.66. The van der Waals surface area contributed by atoms with Crippen LogP contribution >= 0.6 is 0 Å². The van der Waals surface area contributed by atoms with Gasteiger partial charge in [-0.2, -0.15) is 0 Å². The van der Waals surface area contributed by atoms with Crippen LogP contribution in [0, 0.1) is 0 Å². The van der Waals surface area contributed by atoms with Gasteiger partial charge < -0.3 is 0 Å². The van der Waals surface area contributed by atoms with E-state index in [2.05, 4.69) is 4.80 Å². The molecule has 0 radical (unpaired) electrons. The molecule has 0 saturated carbocycles. The molecule has 7 heavy (non-hydrogen) atoms. The van der Waals surface area contributed by atoms with Crippen LogP contribution in [-0.4, -0.2) is 35.8 Å². The summed E-state index contributed by atoms with van der Waals surface area (Å²) < 4.78 is 0.434. The Bertz CT molecular complexity index is 67.8. The number of hydrogen-bond donors (Lipinski definition) is 0. The van der Waals surface area contributed by atoms with Crippen LogP contribution in [0.1, 0.15) is 0 Å². The minimum absolute atomic E-state index is 0.434. The third-order valence-electron chi connectivity index (χ3n) is 0.303. The van der Waals surface area contributed by atoms with E-state index in [-0.39, 0.29) is 0 Å². The van der Waals surface area contributed by atoms with E-state index in [0.717, 1.165) is 0 Å². The van der Waals surface area contributed by atoms with Gasteiger partial charge >= 0.3 is 0 Å². The zero-order valence-corrected chi connectivity index (χ0v) is 6.42. The third-order valence-corrected chi connectivity index (χ3v) is 0.418. The minimum Gasteiger partial charge on any atom is -0.211 e. The highest BCUT2D eigenvalue weighted by atomic mass is 28.1. The van der Waals surface area contributed by atoms with Crippen molar-refractivity contribution in [3.63, 3.8) is 0 Å². The fourth-order valence-corrected chi connectivity index (χ4v) is 0.520. The summed E-state index contributed by atoms with van der Waals surface area (Å²) in [6, 6.07) is 0. The van der Waals surface area contributed by atoms with Crippen molar-refractivity contribution in [3.8, 4) is 0 Å². The summed E-state index contributed by atoms with van der Waals surface area (Å²) in [5.74, 6) is 0. The van der Waals surface area contributed by atoms with Gasteiger partial charge in [-0.3, -0.25) is 0 Å². The predicted molar refractivity (Wildman–Crippen MR) is 30.1 cm³/mol. The molecule has 0 aliphatic carbocycles. The van der Waals surface area contributed by atoms with Crippen molar-refractivity contribution in [2.24, 2.45) is 4.80 Å². The van der Waals surface area contributed by atoms with Crippen LogP contribution in [0.5, 0.6) is 0 Å². The summed E-state index contributed by atoms with van der Waals surface area (Å²) in [6.45, 7) is 0. The number of rotatable bonds is 2. The highest BCUT2D eigenvalue weighted by Crippen LogP contribution is 1.89. The molecule has 0 fully saturated rings. The molecule has 0 atom stereocenters. The van der Waals surface area contributed by atoms with Gasteiger partial charge in [0, 0.05) is 0 Å². The summed E-state index contributed by atoms with van der Waals surface area (Å²) in [4.78, 5) is 8.31. The quantitative estimate of drug-likeness (QED) is 0.269. The molecule has 0 unspecified atom stereocenters. The Morgan fingerprint density at radius 3 is 1.86 bits per heavy atom. The summed E-state index contributed by atoms with van der Waals surface area (Å²) in [6.07, 6.45) is 0. The Balaban J connectivity index is 3.34. The van der Waals surface area contributed by atoms with Gasteiger partial charge in [0.15, 0.2) is 10.0 Å². The number of nitrogens with zero attached hydrogens (tertiary/aromatic N) is 2. The van der Waals surface area contributed by atoms with Crippen LogP contribution in [0.25, 0.3) is 0 Å². The first kappa shape index (κ1) is 6.78. The molecule has 0 heterocycles. The molecule has 42 valence electrons. The molecular weight excluding hydrogens is 108 g/mol. The van der Waals surface area contributed by atoms with Crippen LogP contribution in [0.15, 0.2) is 4.80 Å². The summed E-state index contributed by atoms with van der Waals surface area (Å²) in [5.41, 5.74) is 0. The van der Waals surface area contributed by atoms with Gasteiger partial charge in [0.25, 0.3) is 0 Å². The highest BCUT2D eigenvalue weighted by molar-refractivity contribution is 5.91. The molecular formula is C3H11N2OSi+. The molecule has 0 bridgehead atoms. The lowest BCUT2D eigenvalue weighted by molar-refractivity contribution is -1.06. The largest absolute Gasteiger partial charge is 0.211 e. The van der Waals surface area contributed by atoms with E-state index in [9.17, 15) is 0 Å². The first-order valence-electron chi connectivity index (χ1n) is 2.02. The van der Waals surface area contributed by atoms with Crippen molar-refractivity contribution in [2.45, 2.75) is 0 Å². The van der Waals surface area contributed by atoms with E-state index >= 15 is 0 Å². The van der Waals surface area contributed by atoms with Crippen molar-refractivity contribution < 1.29 is 9.58 Å². The van der Waals surface area contributed by atoms with Crippen molar-refractivity contribution in [3.05, 3.63) is 0 Å². The lowest BCUT2D eigenvalue weighted by Gasteiger charge is -2.16. The molecule has 0 aromatic rings. The minimum atomic E-state index is 0.434. The summed E-state index contributed by atoms with van der Waals surface area (Å²) >= 11 is 0. The van der Waals surface area contributed by atoms with E-state index in [0.29, 0.717) is 4.65 Å². The number of hydroxylamine groups is 3. The fourth-order valence-electron chi connectivity index (χ4n) is 0.173. The van der Waals surface area contributed by atoms with Gasteiger partial charge in [-0.15, -0.1) is 4.65 Å². The third kappa shape index (κ3) is 5.78. The molecule has 0 aliphatic rings.